The van der Waals surface area contributed by atoms with Gasteiger partial charge in [0, 0.05) is 32.6 Å². The third-order valence-corrected chi connectivity index (χ3v) is 4.24. The van der Waals surface area contributed by atoms with E-state index in [0.717, 1.165) is 45.4 Å². The van der Waals surface area contributed by atoms with Crippen LogP contribution in [0, 0.1) is 5.92 Å². The van der Waals surface area contributed by atoms with Crippen LogP contribution in [0.15, 0.2) is 0 Å². The van der Waals surface area contributed by atoms with Crippen LogP contribution in [-0.4, -0.2) is 62.5 Å². The average molecular weight is 282 g/mol. The monoisotopic (exact) mass is 282 g/mol. The maximum Gasteiger partial charge on any atom is 0.233 e. The Balaban J connectivity index is 1.63. The van der Waals surface area contributed by atoms with E-state index in [-0.39, 0.29) is 17.9 Å². The van der Waals surface area contributed by atoms with Crippen LogP contribution in [0.4, 0.5) is 0 Å². The summed E-state index contributed by atoms with van der Waals surface area (Å²) in [6.07, 6.45) is 3.63. The topological polar surface area (TPSA) is 73.5 Å². The standard InChI is InChI=1S/C14H26N4O2/c1-15-14(20)10-18-6-3-12(4-7-18)17-13(19)8-11-2-5-16-9-11/h11-12,16H,2-10H2,1H3,(H,15,20)(H,17,19). The van der Waals surface area contributed by atoms with Crippen molar-refractivity contribution in [3.05, 3.63) is 0 Å². The Labute approximate surface area is 120 Å². The number of likely N-dealkylation sites (N-methyl/N-ethyl adjacent to an activating group) is 1. The number of hydrogen-bond acceptors (Lipinski definition) is 4. The van der Waals surface area contributed by atoms with E-state index in [9.17, 15) is 9.59 Å². The average Bonchev–Trinajstić information content (AvgIpc) is 2.93. The zero-order valence-electron chi connectivity index (χ0n) is 12.3. The number of carbonyl (C=O) groups is 2. The predicted molar refractivity (Wildman–Crippen MR) is 77.3 cm³/mol. The van der Waals surface area contributed by atoms with E-state index < -0.39 is 0 Å². The van der Waals surface area contributed by atoms with Crippen LogP contribution in [0.3, 0.4) is 0 Å². The number of likely N-dealkylation sites (tertiary alicyclic amines) is 1. The van der Waals surface area contributed by atoms with Crippen molar-refractivity contribution >= 4 is 11.8 Å². The van der Waals surface area contributed by atoms with Gasteiger partial charge in [-0.25, -0.2) is 0 Å². The Morgan fingerprint density at radius 2 is 1.95 bits per heavy atom. The van der Waals surface area contributed by atoms with Gasteiger partial charge in [0.25, 0.3) is 0 Å². The number of hydrogen-bond donors (Lipinski definition) is 3. The summed E-state index contributed by atoms with van der Waals surface area (Å²) in [7, 11) is 1.66. The fraction of sp³-hybridized carbons (Fsp3) is 0.857. The Morgan fingerprint density at radius 1 is 1.20 bits per heavy atom. The van der Waals surface area contributed by atoms with Crippen LogP contribution in [0.25, 0.3) is 0 Å². The Bertz CT molecular complexity index is 334. The highest BCUT2D eigenvalue weighted by atomic mass is 16.2. The smallest absolute Gasteiger partial charge is 0.233 e. The molecule has 6 nitrogen and oxygen atoms in total. The molecular weight excluding hydrogens is 256 g/mol. The SMILES string of the molecule is CNC(=O)CN1CCC(NC(=O)CC2CCNC2)CC1. The first-order chi connectivity index (χ1) is 9.67. The van der Waals surface area contributed by atoms with Gasteiger partial charge in [-0.05, 0) is 38.3 Å². The number of amides is 2. The highest BCUT2D eigenvalue weighted by molar-refractivity contribution is 5.77. The van der Waals surface area contributed by atoms with Gasteiger partial charge in [-0.1, -0.05) is 0 Å². The van der Waals surface area contributed by atoms with Gasteiger partial charge >= 0.3 is 0 Å². The number of rotatable bonds is 5. The summed E-state index contributed by atoms with van der Waals surface area (Å²) in [4.78, 5) is 25.4. The molecule has 0 spiro atoms. The van der Waals surface area contributed by atoms with E-state index in [2.05, 4.69) is 20.9 Å². The normalized spacial score (nSPS) is 24.6. The highest BCUT2D eigenvalue weighted by Crippen LogP contribution is 2.14. The second-order valence-corrected chi connectivity index (χ2v) is 5.85. The largest absolute Gasteiger partial charge is 0.358 e. The highest BCUT2D eigenvalue weighted by Gasteiger charge is 2.23. The van der Waals surface area contributed by atoms with Gasteiger partial charge in [0.2, 0.25) is 11.8 Å². The molecule has 2 aliphatic rings. The summed E-state index contributed by atoms with van der Waals surface area (Å²) in [5.74, 6) is 0.744. The third kappa shape index (κ3) is 4.76. The lowest BCUT2D eigenvalue weighted by Crippen LogP contribution is -2.47. The zero-order valence-corrected chi connectivity index (χ0v) is 12.3. The second kappa shape index (κ2) is 7.59. The van der Waals surface area contributed by atoms with Crippen LogP contribution >= 0.6 is 0 Å². The fourth-order valence-electron chi connectivity index (χ4n) is 2.96. The molecule has 2 amide bonds. The first-order valence-corrected chi connectivity index (χ1v) is 7.60. The van der Waals surface area contributed by atoms with Crippen molar-refractivity contribution in [2.75, 3.05) is 39.8 Å². The molecule has 0 saturated carbocycles. The summed E-state index contributed by atoms with van der Waals surface area (Å²) in [5.41, 5.74) is 0. The van der Waals surface area contributed by atoms with E-state index in [4.69, 9.17) is 0 Å². The van der Waals surface area contributed by atoms with Crippen molar-refractivity contribution in [2.24, 2.45) is 5.92 Å². The molecule has 2 aliphatic heterocycles. The first-order valence-electron chi connectivity index (χ1n) is 7.60. The third-order valence-electron chi connectivity index (χ3n) is 4.24. The minimum absolute atomic E-state index is 0.0567. The van der Waals surface area contributed by atoms with Gasteiger partial charge in [-0.2, -0.15) is 0 Å². The molecule has 2 saturated heterocycles. The predicted octanol–water partition coefficient (Wildman–Crippen LogP) is -0.687. The van der Waals surface area contributed by atoms with E-state index in [0.29, 0.717) is 18.9 Å². The van der Waals surface area contributed by atoms with Crippen molar-refractivity contribution in [3.63, 3.8) is 0 Å². The van der Waals surface area contributed by atoms with Crippen molar-refractivity contribution in [3.8, 4) is 0 Å². The molecule has 0 aromatic rings. The van der Waals surface area contributed by atoms with Gasteiger partial charge < -0.3 is 16.0 Å². The van der Waals surface area contributed by atoms with Gasteiger partial charge in [0.15, 0.2) is 0 Å². The molecule has 20 heavy (non-hydrogen) atoms. The Morgan fingerprint density at radius 3 is 2.55 bits per heavy atom. The minimum Gasteiger partial charge on any atom is -0.358 e. The zero-order chi connectivity index (χ0) is 14.4. The fourth-order valence-corrected chi connectivity index (χ4v) is 2.96. The molecule has 1 atom stereocenters. The number of piperidine rings is 1. The van der Waals surface area contributed by atoms with Crippen LogP contribution < -0.4 is 16.0 Å². The number of nitrogens with zero attached hydrogens (tertiary/aromatic N) is 1. The summed E-state index contributed by atoms with van der Waals surface area (Å²) >= 11 is 0. The number of carbonyl (C=O) groups excluding carboxylic acids is 2. The van der Waals surface area contributed by atoms with Gasteiger partial charge in [-0.15, -0.1) is 0 Å². The maximum absolute atomic E-state index is 12.0. The van der Waals surface area contributed by atoms with Crippen molar-refractivity contribution in [1.82, 2.24) is 20.9 Å². The summed E-state index contributed by atoms with van der Waals surface area (Å²) in [5, 5.41) is 9.07. The van der Waals surface area contributed by atoms with Crippen LogP contribution in [0.5, 0.6) is 0 Å². The molecule has 1 unspecified atom stereocenters. The minimum atomic E-state index is 0.0567. The van der Waals surface area contributed by atoms with E-state index in [1.54, 1.807) is 7.05 Å². The number of nitrogens with one attached hydrogen (secondary N) is 3. The molecular formula is C14H26N4O2. The van der Waals surface area contributed by atoms with Crippen LogP contribution in [0.1, 0.15) is 25.7 Å². The Hall–Kier alpha value is -1.14. The second-order valence-electron chi connectivity index (χ2n) is 5.85. The summed E-state index contributed by atoms with van der Waals surface area (Å²) < 4.78 is 0. The molecule has 0 aromatic heterocycles. The van der Waals surface area contributed by atoms with Gasteiger partial charge in [0.05, 0.1) is 6.54 Å². The lowest BCUT2D eigenvalue weighted by atomic mass is 10.0. The lowest BCUT2D eigenvalue weighted by molar-refractivity contribution is -0.124. The maximum atomic E-state index is 12.0. The molecule has 114 valence electrons. The van der Waals surface area contributed by atoms with Crippen LogP contribution in [-0.2, 0) is 9.59 Å². The lowest BCUT2D eigenvalue weighted by Gasteiger charge is -2.31. The molecule has 2 rings (SSSR count). The molecule has 2 fully saturated rings. The van der Waals surface area contributed by atoms with Gasteiger partial charge in [-0.3, -0.25) is 14.5 Å². The van der Waals surface area contributed by atoms with E-state index >= 15 is 0 Å². The first kappa shape index (κ1) is 15.3. The van der Waals surface area contributed by atoms with Crippen LogP contribution in [0.2, 0.25) is 0 Å². The molecule has 3 N–H and O–H groups in total. The molecule has 0 aromatic carbocycles. The quantitative estimate of drug-likeness (QED) is 0.624. The molecule has 2 heterocycles. The molecule has 6 heteroatoms. The summed E-state index contributed by atoms with van der Waals surface area (Å²) in [6, 6.07) is 0.276. The van der Waals surface area contributed by atoms with Crippen molar-refractivity contribution in [2.45, 2.75) is 31.7 Å². The van der Waals surface area contributed by atoms with E-state index in [1.165, 1.54) is 0 Å². The molecule has 0 aliphatic carbocycles. The summed E-state index contributed by atoms with van der Waals surface area (Å²) in [6.45, 7) is 4.23. The molecule has 0 radical (unpaired) electrons. The van der Waals surface area contributed by atoms with Crippen molar-refractivity contribution in [1.29, 1.82) is 0 Å². The Kier molecular flexibility index (Phi) is 5.79. The van der Waals surface area contributed by atoms with E-state index in [1.807, 2.05) is 0 Å². The van der Waals surface area contributed by atoms with Gasteiger partial charge in [0.1, 0.15) is 0 Å². The molecule has 0 bridgehead atoms. The van der Waals surface area contributed by atoms with Crippen molar-refractivity contribution < 1.29 is 9.59 Å².